The van der Waals surface area contributed by atoms with Gasteiger partial charge in [0, 0.05) is 28.2 Å². The summed E-state index contributed by atoms with van der Waals surface area (Å²) in [7, 11) is 2.00. The SMILES string of the molecule is C[C@@H](O)[C@H]1C(=O)N2C(C(=O)O)=C(Sc3nc(C4=CCC[N+](C)(CC(N)=O)C4)cs3)[C@H](C)[C@H]12. The van der Waals surface area contributed by atoms with Crippen LogP contribution in [-0.2, 0) is 14.4 Å². The highest BCUT2D eigenvalue weighted by Gasteiger charge is 2.60. The minimum absolute atomic E-state index is 0.00580. The standard InChI is InChI=1S/C21H26N4O5S2/c1-10-16-15(11(2)26)19(28)24(16)17(20(29)30)18(10)32-21-23-13(9-31-21)12-5-4-6-25(3,7-12)8-14(22)27/h5,9-11,15-16,26H,4,6-8H2,1-3H3,(H2-,22,27,29,30)/p+1/t10-,11-,15-,16-,25?/m1/s1. The summed E-state index contributed by atoms with van der Waals surface area (Å²) in [5.74, 6) is -2.62. The maximum atomic E-state index is 12.5. The molecule has 3 aliphatic heterocycles. The number of likely N-dealkylation sites (N-methyl/N-ethyl adjacent to an activating group) is 1. The molecule has 4 heterocycles. The van der Waals surface area contributed by atoms with Crippen LogP contribution in [0.25, 0.3) is 5.57 Å². The monoisotopic (exact) mass is 479 g/mol. The van der Waals surface area contributed by atoms with E-state index >= 15 is 0 Å². The molecule has 4 N–H and O–H groups in total. The average Bonchev–Trinajstić information content (AvgIpc) is 3.23. The van der Waals surface area contributed by atoms with Crippen molar-refractivity contribution in [3.05, 3.63) is 27.8 Å². The van der Waals surface area contributed by atoms with Crippen molar-refractivity contribution in [2.24, 2.45) is 17.6 Å². The third-order valence-corrected chi connectivity index (χ3v) is 8.69. The largest absolute Gasteiger partial charge is 0.477 e. The molecule has 5 atom stereocenters. The number of rotatable bonds is 7. The topological polar surface area (TPSA) is 134 Å². The molecule has 9 nitrogen and oxygen atoms in total. The molecule has 1 aromatic rings. The maximum absolute atomic E-state index is 12.5. The van der Waals surface area contributed by atoms with Crippen LogP contribution in [0.4, 0.5) is 0 Å². The van der Waals surface area contributed by atoms with Crippen LogP contribution in [0, 0.1) is 11.8 Å². The van der Waals surface area contributed by atoms with Gasteiger partial charge in [0.15, 0.2) is 10.9 Å². The second-order valence-electron chi connectivity index (χ2n) is 9.02. The van der Waals surface area contributed by atoms with Crippen LogP contribution >= 0.6 is 23.1 Å². The Kier molecular flexibility index (Phi) is 5.95. The summed E-state index contributed by atoms with van der Waals surface area (Å²) in [6.07, 6.45) is 2.12. The number of quaternary nitrogens is 1. The van der Waals surface area contributed by atoms with E-state index in [0.29, 0.717) is 20.3 Å². The number of carboxylic acid groups (broad SMARTS) is 1. The average molecular weight is 480 g/mol. The molecule has 3 aliphatic rings. The first-order chi connectivity index (χ1) is 15.0. The zero-order chi connectivity index (χ0) is 23.4. The van der Waals surface area contributed by atoms with E-state index in [9.17, 15) is 24.6 Å². The number of aromatic nitrogens is 1. The highest BCUT2D eigenvalue weighted by Crippen LogP contribution is 2.52. The van der Waals surface area contributed by atoms with E-state index in [1.54, 1.807) is 6.92 Å². The number of nitrogens with zero attached hydrogens (tertiary/aromatic N) is 3. The Morgan fingerprint density at radius 2 is 2.19 bits per heavy atom. The highest BCUT2D eigenvalue weighted by atomic mass is 32.2. The Labute approximate surface area is 194 Å². The lowest BCUT2D eigenvalue weighted by Gasteiger charge is -2.46. The summed E-state index contributed by atoms with van der Waals surface area (Å²) in [5, 5.41) is 21.7. The molecule has 1 fully saturated rings. The molecule has 0 aliphatic carbocycles. The van der Waals surface area contributed by atoms with Gasteiger partial charge in [0.25, 0.3) is 5.91 Å². The van der Waals surface area contributed by atoms with Crippen molar-refractivity contribution in [1.82, 2.24) is 9.88 Å². The zero-order valence-corrected chi connectivity index (χ0v) is 19.8. The van der Waals surface area contributed by atoms with Gasteiger partial charge in [0.1, 0.15) is 12.2 Å². The molecule has 1 saturated heterocycles. The van der Waals surface area contributed by atoms with E-state index in [2.05, 4.69) is 6.08 Å². The van der Waals surface area contributed by atoms with E-state index in [1.165, 1.54) is 28.0 Å². The predicted octanol–water partition coefficient (Wildman–Crippen LogP) is 1.11. The summed E-state index contributed by atoms with van der Waals surface area (Å²) in [6.45, 7) is 5.21. The number of aliphatic carboxylic acids is 1. The number of fused-ring (bicyclic) bond motifs is 1. The molecule has 0 spiro atoms. The summed E-state index contributed by atoms with van der Waals surface area (Å²) < 4.78 is 1.23. The number of aliphatic hydroxyl groups is 1. The van der Waals surface area contributed by atoms with Crippen LogP contribution in [0.2, 0.25) is 0 Å². The molecule has 0 saturated carbocycles. The van der Waals surface area contributed by atoms with Gasteiger partial charge in [-0.3, -0.25) is 9.59 Å². The number of carboxylic acids is 1. The number of carbonyl (C=O) groups is 3. The maximum Gasteiger partial charge on any atom is 0.353 e. The number of carbonyl (C=O) groups excluding carboxylic acids is 2. The number of amides is 2. The second kappa shape index (κ2) is 8.29. The second-order valence-corrected chi connectivity index (χ2v) is 11.2. The van der Waals surface area contributed by atoms with Gasteiger partial charge in [-0.2, -0.15) is 0 Å². The Bertz CT molecular complexity index is 1050. The fourth-order valence-electron chi connectivity index (χ4n) is 5.00. The summed E-state index contributed by atoms with van der Waals surface area (Å²) >= 11 is 2.70. The molecule has 0 bridgehead atoms. The van der Waals surface area contributed by atoms with Crippen molar-refractivity contribution in [3.8, 4) is 0 Å². The number of primary amides is 1. The summed E-state index contributed by atoms with van der Waals surface area (Å²) in [4.78, 5) is 42.6. The van der Waals surface area contributed by atoms with E-state index < -0.39 is 18.0 Å². The first-order valence-electron chi connectivity index (χ1n) is 10.5. The highest BCUT2D eigenvalue weighted by molar-refractivity contribution is 8.04. The van der Waals surface area contributed by atoms with Gasteiger partial charge in [-0.25, -0.2) is 9.78 Å². The van der Waals surface area contributed by atoms with Crippen molar-refractivity contribution in [3.63, 3.8) is 0 Å². The molecule has 4 rings (SSSR count). The summed E-state index contributed by atoms with van der Waals surface area (Å²) in [5.41, 5.74) is 7.27. The molecule has 1 aromatic heterocycles. The van der Waals surface area contributed by atoms with Crippen LogP contribution < -0.4 is 5.73 Å². The van der Waals surface area contributed by atoms with Crippen LogP contribution in [-0.4, -0.2) is 81.2 Å². The number of thiazole rings is 1. The lowest BCUT2D eigenvalue weighted by molar-refractivity contribution is -0.895. The van der Waals surface area contributed by atoms with E-state index in [1.807, 2.05) is 19.4 Å². The van der Waals surface area contributed by atoms with Gasteiger partial charge in [-0.05, 0) is 6.92 Å². The Morgan fingerprint density at radius 3 is 2.81 bits per heavy atom. The molecule has 32 heavy (non-hydrogen) atoms. The van der Waals surface area contributed by atoms with Gasteiger partial charge in [-0.15, -0.1) is 11.3 Å². The van der Waals surface area contributed by atoms with Crippen molar-refractivity contribution in [1.29, 1.82) is 0 Å². The normalized spacial score (nSPS) is 30.6. The Morgan fingerprint density at radius 1 is 1.47 bits per heavy atom. The lowest BCUT2D eigenvalue weighted by Crippen LogP contribution is -2.63. The Balaban J connectivity index is 1.56. The number of hydrogen-bond acceptors (Lipinski definition) is 7. The number of aliphatic hydroxyl groups excluding tert-OH is 1. The van der Waals surface area contributed by atoms with Crippen LogP contribution in [0.1, 0.15) is 26.0 Å². The molecular formula is C21H27N4O5S2+. The minimum Gasteiger partial charge on any atom is -0.477 e. The number of nitrogens with two attached hydrogens (primary N) is 1. The quantitative estimate of drug-likeness (QED) is 0.394. The fourth-order valence-corrected chi connectivity index (χ4v) is 7.12. The van der Waals surface area contributed by atoms with E-state index in [-0.39, 0.29) is 36.0 Å². The van der Waals surface area contributed by atoms with Gasteiger partial charge in [0.2, 0.25) is 5.91 Å². The first kappa shape index (κ1) is 23.0. The number of thioether (sulfide) groups is 1. The number of hydrogen-bond donors (Lipinski definition) is 3. The van der Waals surface area contributed by atoms with Gasteiger partial charge in [-0.1, -0.05) is 24.8 Å². The fraction of sp³-hybridized carbons (Fsp3) is 0.524. The smallest absolute Gasteiger partial charge is 0.353 e. The van der Waals surface area contributed by atoms with Crippen LogP contribution in [0.5, 0.6) is 0 Å². The van der Waals surface area contributed by atoms with Crippen LogP contribution in [0.15, 0.2) is 26.4 Å². The third kappa shape index (κ3) is 3.87. The molecule has 11 heteroatoms. The molecule has 172 valence electrons. The number of β-lactam (4-membered cyclic amide) rings is 1. The van der Waals surface area contributed by atoms with E-state index in [4.69, 9.17) is 10.7 Å². The molecule has 0 aromatic carbocycles. The van der Waals surface area contributed by atoms with Crippen molar-refractivity contribution >= 4 is 46.5 Å². The van der Waals surface area contributed by atoms with Crippen molar-refractivity contribution in [2.75, 3.05) is 26.7 Å². The van der Waals surface area contributed by atoms with Gasteiger partial charge < -0.3 is 25.3 Å². The van der Waals surface area contributed by atoms with Crippen LogP contribution in [0.3, 0.4) is 0 Å². The lowest BCUT2D eigenvalue weighted by atomic mass is 9.79. The minimum atomic E-state index is -1.15. The van der Waals surface area contributed by atoms with Gasteiger partial charge in [0.05, 0.1) is 37.4 Å². The molecule has 2 amide bonds. The zero-order valence-electron chi connectivity index (χ0n) is 18.1. The molecule has 1 unspecified atom stereocenters. The molecular weight excluding hydrogens is 452 g/mol. The predicted molar refractivity (Wildman–Crippen MR) is 120 cm³/mol. The molecule has 0 radical (unpaired) electrons. The van der Waals surface area contributed by atoms with Crippen molar-refractivity contribution in [2.45, 2.75) is 36.8 Å². The Hall–Kier alpha value is -2.21. The third-order valence-electron chi connectivity index (χ3n) is 6.47. The van der Waals surface area contributed by atoms with E-state index in [0.717, 1.165) is 24.2 Å². The van der Waals surface area contributed by atoms with Gasteiger partial charge >= 0.3 is 5.97 Å². The summed E-state index contributed by atoms with van der Waals surface area (Å²) in [6, 6.07) is -0.344. The first-order valence-corrected chi connectivity index (χ1v) is 12.2. The van der Waals surface area contributed by atoms with Crippen molar-refractivity contribution < 1.29 is 29.1 Å².